The smallest absolute Gasteiger partial charge is 0.0422 e. The fourth-order valence-electron chi connectivity index (χ4n) is 1.89. The number of nitrogens with zero attached hydrogens (tertiary/aromatic N) is 1. The number of benzene rings is 1. The second kappa shape index (κ2) is 5.63. The largest absolute Gasteiger partial charge is 0.324 e. The van der Waals surface area contributed by atoms with Crippen molar-refractivity contribution in [2.75, 3.05) is 0 Å². The highest BCUT2D eigenvalue weighted by atomic mass is 79.9. The van der Waals surface area contributed by atoms with E-state index in [1.54, 1.807) is 0 Å². The van der Waals surface area contributed by atoms with Gasteiger partial charge in [-0.3, -0.25) is 4.98 Å². The van der Waals surface area contributed by atoms with Crippen molar-refractivity contribution >= 4 is 15.9 Å². The molecular formula is C15H17BrN2. The van der Waals surface area contributed by atoms with Gasteiger partial charge >= 0.3 is 0 Å². The molecule has 0 bridgehead atoms. The van der Waals surface area contributed by atoms with Crippen LogP contribution in [0.15, 0.2) is 41.0 Å². The van der Waals surface area contributed by atoms with Gasteiger partial charge in [0.1, 0.15) is 0 Å². The minimum absolute atomic E-state index is 0.0322. The molecule has 0 fully saturated rings. The van der Waals surface area contributed by atoms with Gasteiger partial charge in [0.2, 0.25) is 0 Å². The molecule has 0 spiro atoms. The maximum Gasteiger partial charge on any atom is 0.0422 e. The molecule has 0 aliphatic heterocycles. The predicted molar refractivity (Wildman–Crippen MR) is 78.5 cm³/mol. The predicted octanol–water partition coefficient (Wildman–Crippen LogP) is 3.70. The molecule has 1 unspecified atom stereocenters. The number of hydrogen-bond acceptors (Lipinski definition) is 2. The Balaban J connectivity index is 2.16. The van der Waals surface area contributed by atoms with Crippen LogP contribution in [0.1, 0.15) is 28.4 Å². The summed E-state index contributed by atoms with van der Waals surface area (Å²) in [6, 6.07) is 10.3. The molecule has 18 heavy (non-hydrogen) atoms. The summed E-state index contributed by atoms with van der Waals surface area (Å²) in [6.45, 7) is 4.11. The van der Waals surface area contributed by atoms with Crippen LogP contribution in [0, 0.1) is 13.8 Å². The van der Waals surface area contributed by atoms with Gasteiger partial charge in [0, 0.05) is 28.8 Å². The summed E-state index contributed by atoms with van der Waals surface area (Å²) >= 11 is 3.57. The van der Waals surface area contributed by atoms with E-state index in [-0.39, 0.29) is 6.04 Å². The van der Waals surface area contributed by atoms with E-state index in [1.165, 1.54) is 11.1 Å². The second-order valence-electron chi connectivity index (χ2n) is 4.66. The zero-order valence-electron chi connectivity index (χ0n) is 10.7. The summed E-state index contributed by atoms with van der Waals surface area (Å²) in [5.41, 5.74) is 10.8. The molecule has 1 aromatic carbocycles. The Morgan fingerprint density at radius 2 is 1.89 bits per heavy atom. The van der Waals surface area contributed by atoms with Crippen molar-refractivity contribution < 1.29 is 0 Å². The fourth-order valence-corrected chi connectivity index (χ4v) is 2.67. The van der Waals surface area contributed by atoms with E-state index in [0.29, 0.717) is 0 Å². The van der Waals surface area contributed by atoms with E-state index in [4.69, 9.17) is 5.73 Å². The van der Waals surface area contributed by atoms with Crippen LogP contribution in [-0.4, -0.2) is 4.98 Å². The van der Waals surface area contributed by atoms with E-state index >= 15 is 0 Å². The molecule has 1 aromatic heterocycles. The summed E-state index contributed by atoms with van der Waals surface area (Å²) < 4.78 is 1.07. The topological polar surface area (TPSA) is 38.9 Å². The van der Waals surface area contributed by atoms with Crippen LogP contribution in [0.25, 0.3) is 0 Å². The number of aryl methyl sites for hydroxylation is 2. The molecule has 0 aliphatic rings. The van der Waals surface area contributed by atoms with Crippen LogP contribution in [0.4, 0.5) is 0 Å². The molecule has 3 heteroatoms. The molecule has 1 atom stereocenters. The van der Waals surface area contributed by atoms with E-state index in [1.807, 2.05) is 19.2 Å². The molecule has 0 aliphatic carbocycles. The summed E-state index contributed by atoms with van der Waals surface area (Å²) in [6.07, 6.45) is 2.63. The van der Waals surface area contributed by atoms with Crippen molar-refractivity contribution in [3.8, 4) is 0 Å². The standard InChI is InChI=1S/C15H17BrN2/c1-10-4-6-13(14(16)7-10)15(17)8-12-5-3-11(2)9-18-12/h3-7,9,15H,8,17H2,1-2H3. The van der Waals surface area contributed by atoms with Gasteiger partial charge in [0.25, 0.3) is 0 Å². The van der Waals surface area contributed by atoms with Crippen molar-refractivity contribution in [2.45, 2.75) is 26.3 Å². The number of rotatable bonds is 3. The maximum absolute atomic E-state index is 6.25. The molecule has 2 rings (SSSR count). The number of aromatic nitrogens is 1. The molecule has 0 saturated heterocycles. The molecule has 0 radical (unpaired) electrons. The lowest BCUT2D eigenvalue weighted by Gasteiger charge is -2.14. The maximum atomic E-state index is 6.25. The minimum Gasteiger partial charge on any atom is -0.324 e. The van der Waals surface area contributed by atoms with Gasteiger partial charge < -0.3 is 5.73 Å². The molecule has 2 aromatic rings. The van der Waals surface area contributed by atoms with Crippen molar-refractivity contribution in [1.82, 2.24) is 4.98 Å². The molecule has 2 N–H and O–H groups in total. The first-order valence-corrected chi connectivity index (χ1v) is 6.78. The van der Waals surface area contributed by atoms with Crippen LogP contribution >= 0.6 is 15.9 Å². The van der Waals surface area contributed by atoms with Crippen molar-refractivity contribution in [1.29, 1.82) is 0 Å². The fraction of sp³-hybridized carbons (Fsp3) is 0.267. The number of nitrogens with two attached hydrogens (primary N) is 1. The summed E-state index contributed by atoms with van der Waals surface area (Å²) in [4.78, 5) is 4.40. The average molecular weight is 305 g/mol. The zero-order chi connectivity index (χ0) is 13.1. The van der Waals surface area contributed by atoms with Gasteiger partial charge in [0.15, 0.2) is 0 Å². The SMILES string of the molecule is Cc1ccc(CC(N)c2ccc(C)cc2Br)nc1. The van der Waals surface area contributed by atoms with Gasteiger partial charge in [-0.15, -0.1) is 0 Å². The number of pyridine rings is 1. The Kier molecular flexibility index (Phi) is 4.15. The summed E-state index contributed by atoms with van der Waals surface area (Å²) in [5, 5.41) is 0. The molecule has 2 nitrogen and oxygen atoms in total. The molecule has 0 saturated carbocycles. The Bertz CT molecular complexity index is 535. The quantitative estimate of drug-likeness (QED) is 0.939. The van der Waals surface area contributed by atoms with Crippen LogP contribution in [0.3, 0.4) is 0 Å². The van der Waals surface area contributed by atoms with E-state index in [2.05, 4.69) is 52.1 Å². The Morgan fingerprint density at radius 3 is 2.50 bits per heavy atom. The Morgan fingerprint density at radius 1 is 1.17 bits per heavy atom. The first-order chi connectivity index (χ1) is 8.56. The Labute approximate surface area is 116 Å². The van der Waals surface area contributed by atoms with Crippen LogP contribution < -0.4 is 5.73 Å². The highest BCUT2D eigenvalue weighted by Crippen LogP contribution is 2.25. The second-order valence-corrected chi connectivity index (χ2v) is 5.52. The monoisotopic (exact) mass is 304 g/mol. The van der Waals surface area contributed by atoms with E-state index in [0.717, 1.165) is 22.2 Å². The Hall–Kier alpha value is -1.19. The van der Waals surface area contributed by atoms with Crippen molar-refractivity contribution in [3.63, 3.8) is 0 Å². The van der Waals surface area contributed by atoms with Gasteiger partial charge in [-0.2, -0.15) is 0 Å². The summed E-state index contributed by atoms with van der Waals surface area (Å²) in [5.74, 6) is 0. The third kappa shape index (κ3) is 3.18. The van der Waals surface area contributed by atoms with Crippen molar-refractivity contribution in [3.05, 3.63) is 63.4 Å². The number of hydrogen-bond donors (Lipinski definition) is 1. The van der Waals surface area contributed by atoms with Gasteiger partial charge in [0.05, 0.1) is 0 Å². The molecule has 1 heterocycles. The molecule has 94 valence electrons. The highest BCUT2D eigenvalue weighted by molar-refractivity contribution is 9.10. The van der Waals surface area contributed by atoms with Crippen LogP contribution in [0.2, 0.25) is 0 Å². The van der Waals surface area contributed by atoms with Gasteiger partial charge in [-0.05, 0) is 42.7 Å². The first-order valence-electron chi connectivity index (χ1n) is 5.99. The van der Waals surface area contributed by atoms with Gasteiger partial charge in [-0.25, -0.2) is 0 Å². The zero-order valence-corrected chi connectivity index (χ0v) is 12.2. The van der Waals surface area contributed by atoms with Gasteiger partial charge in [-0.1, -0.05) is 34.1 Å². The highest BCUT2D eigenvalue weighted by Gasteiger charge is 2.11. The number of halogens is 1. The third-order valence-electron chi connectivity index (χ3n) is 2.96. The molecule has 0 amide bonds. The average Bonchev–Trinajstić information content (AvgIpc) is 2.32. The first kappa shape index (κ1) is 13.2. The third-order valence-corrected chi connectivity index (χ3v) is 3.64. The lowest BCUT2D eigenvalue weighted by molar-refractivity contribution is 0.703. The lowest BCUT2D eigenvalue weighted by atomic mass is 10.0. The minimum atomic E-state index is -0.0322. The normalized spacial score (nSPS) is 12.4. The van der Waals surface area contributed by atoms with E-state index in [9.17, 15) is 0 Å². The summed E-state index contributed by atoms with van der Waals surface area (Å²) in [7, 11) is 0. The lowest BCUT2D eigenvalue weighted by Crippen LogP contribution is -2.14. The van der Waals surface area contributed by atoms with Crippen molar-refractivity contribution in [2.24, 2.45) is 5.73 Å². The van der Waals surface area contributed by atoms with E-state index < -0.39 is 0 Å². The van der Waals surface area contributed by atoms with Crippen LogP contribution in [-0.2, 0) is 6.42 Å². The van der Waals surface area contributed by atoms with Crippen LogP contribution in [0.5, 0.6) is 0 Å². The molecular weight excluding hydrogens is 288 g/mol.